The van der Waals surface area contributed by atoms with E-state index in [-0.39, 0.29) is 0 Å². The van der Waals surface area contributed by atoms with Gasteiger partial charge in [0, 0.05) is 10.5 Å². The van der Waals surface area contributed by atoms with E-state index in [1.54, 1.807) is 0 Å². The molecule has 0 saturated carbocycles. The van der Waals surface area contributed by atoms with Crippen molar-refractivity contribution in [2.75, 3.05) is 6.54 Å². The molecule has 1 atom stereocenters. The molecule has 1 N–H and O–H groups in total. The molecular formula is C19H24BrN. The van der Waals surface area contributed by atoms with Crippen molar-refractivity contribution in [1.82, 2.24) is 5.32 Å². The van der Waals surface area contributed by atoms with Crippen LogP contribution in [0.4, 0.5) is 0 Å². The number of halogens is 1. The average Bonchev–Trinajstić information content (AvgIpc) is 2.48. The van der Waals surface area contributed by atoms with E-state index in [9.17, 15) is 0 Å². The Hall–Kier alpha value is -1.12. The summed E-state index contributed by atoms with van der Waals surface area (Å²) in [5.74, 6) is 0. The Balaban J connectivity index is 2.30. The fourth-order valence-electron chi connectivity index (χ4n) is 2.65. The molecule has 0 radical (unpaired) electrons. The van der Waals surface area contributed by atoms with Crippen molar-refractivity contribution in [3.63, 3.8) is 0 Å². The Morgan fingerprint density at radius 2 is 1.81 bits per heavy atom. The Labute approximate surface area is 136 Å². The molecule has 0 spiro atoms. The quantitative estimate of drug-likeness (QED) is 0.743. The molecule has 0 amide bonds. The summed E-state index contributed by atoms with van der Waals surface area (Å²) in [5.41, 5.74) is 5.53. The molecule has 2 aromatic rings. The molecule has 2 aromatic carbocycles. The molecular weight excluding hydrogens is 322 g/mol. The van der Waals surface area contributed by atoms with Crippen molar-refractivity contribution >= 4 is 15.9 Å². The predicted octanol–water partition coefficient (Wildman–Crippen LogP) is 5.35. The Morgan fingerprint density at radius 3 is 2.52 bits per heavy atom. The summed E-state index contributed by atoms with van der Waals surface area (Å²) in [6.45, 7) is 7.67. The minimum Gasteiger partial charge on any atom is -0.310 e. The van der Waals surface area contributed by atoms with E-state index in [0.717, 1.165) is 19.4 Å². The largest absolute Gasteiger partial charge is 0.310 e. The molecule has 2 rings (SSSR count). The highest BCUT2D eigenvalue weighted by atomic mass is 79.9. The van der Waals surface area contributed by atoms with E-state index in [0.29, 0.717) is 6.04 Å². The van der Waals surface area contributed by atoms with Gasteiger partial charge in [-0.3, -0.25) is 0 Å². The molecule has 0 aromatic heterocycles. The SMILES string of the molecule is CCCNC(Cc1ccccc1Br)c1cccc(C)c1C. The van der Waals surface area contributed by atoms with Crippen LogP contribution in [0.15, 0.2) is 46.9 Å². The lowest BCUT2D eigenvalue weighted by molar-refractivity contribution is 0.526. The number of hydrogen-bond donors (Lipinski definition) is 1. The van der Waals surface area contributed by atoms with Gasteiger partial charge < -0.3 is 5.32 Å². The first kappa shape index (κ1) is 16.3. The second-order valence-corrected chi connectivity index (χ2v) is 6.45. The third-order valence-electron chi connectivity index (χ3n) is 4.04. The second kappa shape index (κ2) is 7.77. The molecule has 2 heteroatoms. The number of benzene rings is 2. The van der Waals surface area contributed by atoms with Crippen molar-refractivity contribution in [2.45, 2.75) is 39.7 Å². The monoisotopic (exact) mass is 345 g/mol. The normalized spacial score (nSPS) is 12.4. The van der Waals surface area contributed by atoms with Crippen molar-refractivity contribution in [2.24, 2.45) is 0 Å². The Bertz CT molecular complexity index is 592. The highest BCUT2D eigenvalue weighted by Crippen LogP contribution is 2.27. The zero-order valence-corrected chi connectivity index (χ0v) is 14.7. The lowest BCUT2D eigenvalue weighted by Gasteiger charge is -2.22. The van der Waals surface area contributed by atoms with Crippen LogP contribution in [0, 0.1) is 13.8 Å². The number of rotatable bonds is 6. The maximum Gasteiger partial charge on any atom is 0.0363 e. The van der Waals surface area contributed by atoms with Crippen LogP contribution in [-0.2, 0) is 6.42 Å². The minimum absolute atomic E-state index is 0.364. The van der Waals surface area contributed by atoms with Gasteiger partial charge in [-0.2, -0.15) is 0 Å². The van der Waals surface area contributed by atoms with E-state index in [4.69, 9.17) is 0 Å². The summed E-state index contributed by atoms with van der Waals surface area (Å²) in [7, 11) is 0. The molecule has 0 heterocycles. The maximum atomic E-state index is 3.71. The van der Waals surface area contributed by atoms with Crippen LogP contribution in [0.25, 0.3) is 0 Å². The van der Waals surface area contributed by atoms with Crippen molar-refractivity contribution < 1.29 is 0 Å². The van der Waals surface area contributed by atoms with E-state index in [1.165, 1.54) is 26.7 Å². The highest BCUT2D eigenvalue weighted by molar-refractivity contribution is 9.10. The number of nitrogens with one attached hydrogen (secondary N) is 1. The zero-order valence-electron chi connectivity index (χ0n) is 13.1. The molecule has 0 saturated heterocycles. The molecule has 1 nitrogen and oxygen atoms in total. The van der Waals surface area contributed by atoms with E-state index < -0.39 is 0 Å². The maximum absolute atomic E-state index is 3.71. The third-order valence-corrected chi connectivity index (χ3v) is 4.82. The number of hydrogen-bond acceptors (Lipinski definition) is 1. The summed E-state index contributed by atoms with van der Waals surface area (Å²) in [6, 6.07) is 15.5. The first-order valence-corrected chi connectivity index (χ1v) is 8.45. The molecule has 1 unspecified atom stereocenters. The molecule has 21 heavy (non-hydrogen) atoms. The van der Waals surface area contributed by atoms with Gasteiger partial charge in [0.05, 0.1) is 0 Å². The highest BCUT2D eigenvalue weighted by Gasteiger charge is 2.15. The van der Waals surface area contributed by atoms with Crippen LogP contribution in [0.1, 0.15) is 41.6 Å². The van der Waals surface area contributed by atoms with Gasteiger partial charge in [0.1, 0.15) is 0 Å². The average molecular weight is 346 g/mol. The summed E-state index contributed by atoms with van der Waals surface area (Å²) >= 11 is 3.67. The van der Waals surface area contributed by atoms with Gasteiger partial charge in [-0.15, -0.1) is 0 Å². The van der Waals surface area contributed by atoms with Crippen LogP contribution in [0.3, 0.4) is 0 Å². The van der Waals surface area contributed by atoms with Crippen LogP contribution < -0.4 is 5.32 Å². The number of aryl methyl sites for hydroxylation is 1. The van der Waals surface area contributed by atoms with Crippen LogP contribution >= 0.6 is 15.9 Å². The topological polar surface area (TPSA) is 12.0 Å². The molecule has 0 fully saturated rings. The summed E-state index contributed by atoms with van der Waals surface area (Å²) in [4.78, 5) is 0. The molecule has 0 aliphatic heterocycles. The van der Waals surface area contributed by atoms with Crippen LogP contribution in [0.2, 0.25) is 0 Å². The van der Waals surface area contributed by atoms with Gasteiger partial charge in [-0.05, 0) is 61.6 Å². The van der Waals surface area contributed by atoms with Gasteiger partial charge >= 0.3 is 0 Å². The lowest BCUT2D eigenvalue weighted by atomic mass is 9.93. The van der Waals surface area contributed by atoms with E-state index in [2.05, 4.69) is 84.5 Å². The van der Waals surface area contributed by atoms with E-state index >= 15 is 0 Å². The first-order chi connectivity index (χ1) is 10.1. The van der Waals surface area contributed by atoms with Crippen molar-refractivity contribution in [3.05, 3.63) is 69.2 Å². The van der Waals surface area contributed by atoms with Gasteiger partial charge in [0.25, 0.3) is 0 Å². The van der Waals surface area contributed by atoms with Crippen LogP contribution in [-0.4, -0.2) is 6.54 Å². The van der Waals surface area contributed by atoms with Crippen LogP contribution in [0.5, 0.6) is 0 Å². The fraction of sp³-hybridized carbons (Fsp3) is 0.368. The molecule has 112 valence electrons. The van der Waals surface area contributed by atoms with Crippen molar-refractivity contribution in [3.8, 4) is 0 Å². The van der Waals surface area contributed by atoms with Gasteiger partial charge in [0.15, 0.2) is 0 Å². The third kappa shape index (κ3) is 4.18. The zero-order chi connectivity index (χ0) is 15.2. The summed E-state index contributed by atoms with van der Waals surface area (Å²) < 4.78 is 1.19. The predicted molar refractivity (Wildman–Crippen MR) is 94.8 cm³/mol. The Morgan fingerprint density at radius 1 is 1.05 bits per heavy atom. The Kier molecular flexibility index (Phi) is 6.01. The standard InChI is InChI=1S/C19H24BrN/c1-4-12-21-19(13-16-9-5-6-11-18(16)20)17-10-7-8-14(2)15(17)3/h5-11,19,21H,4,12-13H2,1-3H3. The molecule has 0 bridgehead atoms. The fourth-order valence-corrected chi connectivity index (χ4v) is 3.09. The lowest BCUT2D eigenvalue weighted by Crippen LogP contribution is -2.25. The van der Waals surface area contributed by atoms with Gasteiger partial charge in [-0.1, -0.05) is 59.3 Å². The van der Waals surface area contributed by atoms with Crippen molar-refractivity contribution in [1.29, 1.82) is 0 Å². The summed E-state index contributed by atoms with van der Waals surface area (Å²) in [5, 5.41) is 3.71. The first-order valence-electron chi connectivity index (χ1n) is 7.66. The van der Waals surface area contributed by atoms with Gasteiger partial charge in [-0.25, -0.2) is 0 Å². The molecule has 0 aliphatic carbocycles. The minimum atomic E-state index is 0.364. The van der Waals surface area contributed by atoms with Gasteiger partial charge in [0.2, 0.25) is 0 Å². The summed E-state index contributed by atoms with van der Waals surface area (Å²) in [6.07, 6.45) is 2.16. The molecule has 0 aliphatic rings. The second-order valence-electron chi connectivity index (χ2n) is 5.59. The smallest absolute Gasteiger partial charge is 0.0363 e. The van der Waals surface area contributed by atoms with E-state index in [1.807, 2.05) is 0 Å².